The normalized spacial score (nSPS) is 41.4. The third-order valence-electron chi connectivity index (χ3n) is 9.57. The number of amides is 1. The zero-order chi connectivity index (χ0) is 24.8. The minimum Gasteiger partial charge on any atom is -0.392 e. The van der Waals surface area contributed by atoms with E-state index in [1.54, 1.807) is 0 Å². The number of carbonyl (C=O) groups excluding carboxylic acids is 2. The van der Waals surface area contributed by atoms with Gasteiger partial charge in [0.05, 0.1) is 36.0 Å². The molecule has 2 saturated carbocycles. The lowest BCUT2D eigenvalue weighted by Crippen LogP contribution is -2.69. The highest BCUT2D eigenvalue weighted by Gasteiger charge is 2.56. The van der Waals surface area contributed by atoms with E-state index >= 15 is 0 Å². The van der Waals surface area contributed by atoms with Crippen molar-refractivity contribution in [2.75, 3.05) is 39.3 Å². The number of ketones is 1. The van der Waals surface area contributed by atoms with E-state index in [1.807, 2.05) is 6.20 Å². The highest BCUT2D eigenvalue weighted by molar-refractivity contribution is 6.21. The van der Waals surface area contributed by atoms with Crippen molar-refractivity contribution >= 4 is 23.3 Å². The van der Waals surface area contributed by atoms with Crippen LogP contribution in [-0.4, -0.2) is 113 Å². The number of Topliss-reactive ketones (excluding diaryl/α,β-unsaturated/α-hetero) is 1. The van der Waals surface area contributed by atoms with Crippen LogP contribution >= 0.6 is 11.6 Å². The molecule has 0 aromatic heterocycles. The Hall–Kier alpha value is -1.19. The van der Waals surface area contributed by atoms with Gasteiger partial charge in [0.2, 0.25) is 0 Å². The van der Waals surface area contributed by atoms with Gasteiger partial charge in [0.1, 0.15) is 0 Å². The number of piperidine rings is 1. The highest BCUT2D eigenvalue weighted by atomic mass is 35.5. The van der Waals surface area contributed by atoms with Crippen LogP contribution in [0.3, 0.4) is 0 Å². The number of likely N-dealkylation sites (tertiary alicyclic amines) is 2. The number of ether oxygens (including phenoxy) is 1. The van der Waals surface area contributed by atoms with Gasteiger partial charge in [-0.15, -0.1) is 11.6 Å². The molecule has 4 heterocycles. The Labute approximate surface area is 219 Å². The molecule has 0 spiro atoms. The number of nitrogens with zero attached hydrogens (tertiary/aromatic N) is 3. The number of hydrogen-bond acceptors (Lipinski definition) is 7. The van der Waals surface area contributed by atoms with Gasteiger partial charge in [-0.1, -0.05) is 0 Å². The first-order chi connectivity index (χ1) is 17.5. The molecule has 3 saturated heterocycles. The van der Waals surface area contributed by atoms with Gasteiger partial charge < -0.3 is 25.0 Å². The van der Waals surface area contributed by atoms with Gasteiger partial charge in [-0.2, -0.15) is 0 Å². The molecule has 2 N–H and O–H groups in total. The van der Waals surface area contributed by atoms with Crippen LogP contribution in [0.2, 0.25) is 0 Å². The maximum Gasteiger partial charge on any atom is 0.256 e. The average Bonchev–Trinajstić information content (AvgIpc) is 3.39. The van der Waals surface area contributed by atoms with E-state index in [0.29, 0.717) is 25.1 Å². The second-order valence-electron chi connectivity index (χ2n) is 11.9. The number of morpholine rings is 1. The van der Waals surface area contributed by atoms with Crippen LogP contribution in [0.1, 0.15) is 57.8 Å². The largest absolute Gasteiger partial charge is 0.392 e. The van der Waals surface area contributed by atoms with Crippen LogP contribution in [-0.2, 0) is 14.3 Å². The van der Waals surface area contributed by atoms with Crippen LogP contribution in [0.25, 0.3) is 0 Å². The van der Waals surface area contributed by atoms with Crippen LogP contribution in [0.5, 0.6) is 0 Å². The lowest BCUT2D eigenvalue weighted by molar-refractivity contribution is -0.189. The Bertz CT molecular complexity index is 880. The van der Waals surface area contributed by atoms with Gasteiger partial charge in [-0.05, 0) is 77.4 Å². The Morgan fingerprint density at radius 2 is 1.92 bits per heavy atom. The number of hydrogen-bond donors (Lipinski definition) is 2. The van der Waals surface area contributed by atoms with Crippen molar-refractivity contribution in [1.82, 2.24) is 20.0 Å². The topological polar surface area (TPSA) is 85.3 Å². The predicted octanol–water partition coefficient (Wildman–Crippen LogP) is 1.50. The molecule has 0 bridgehead atoms. The first-order valence-electron chi connectivity index (χ1n) is 14.2. The summed E-state index contributed by atoms with van der Waals surface area (Å²) in [5.74, 6) is -0.553. The van der Waals surface area contributed by atoms with E-state index < -0.39 is 0 Å². The lowest BCUT2D eigenvalue weighted by atomic mass is 9.70. The third kappa shape index (κ3) is 4.84. The summed E-state index contributed by atoms with van der Waals surface area (Å²) in [6.45, 7) is 5.18. The fraction of sp³-hybridized carbons (Fsp3) is 0.852. The number of carbonyl (C=O) groups is 2. The molecular weight excluding hydrogens is 480 g/mol. The molecule has 36 heavy (non-hydrogen) atoms. The molecule has 1 amide bonds. The summed E-state index contributed by atoms with van der Waals surface area (Å²) in [5.41, 5.74) is 0.299. The summed E-state index contributed by atoms with van der Waals surface area (Å²) in [5, 5.41) is 13.4. The molecule has 5 fully saturated rings. The maximum atomic E-state index is 13.9. The van der Waals surface area contributed by atoms with Crippen molar-refractivity contribution in [2.24, 2.45) is 5.92 Å². The quantitative estimate of drug-likeness (QED) is 0.420. The van der Waals surface area contributed by atoms with Crippen LogP contribution in [0.4, 0.5) is 0 Å². The number of nitrogens with one attached hydrogen (secondary N) is 1. The van der Waals surface area contributed by atoms with Crippen LogP contribution < -0.4 is 5.32 Å². The molecule has 6 aliphatic rings. The van der Waals surface area contributed by atoms with Crippen molar-refractivity contribution in [3.63, 3.8) is 0 Å². The van der Waals surface area contributed by atoms with Crippen LogP contribution in [0.15, 0.2) is 11.8 Å². The second-order valence-corrected chi connectivity index (χ2v) is 12.5. The van der Waals surface area contributed by atoms with Crippen molar-refractivity contribution in [1.29, 1.82) is 0 Å². The van der Waals surface area contributed by atoms with Crippen molar-refractivity contribution in [3.05, 3.63) is 11.8 Å². The first-order valence-corrected chi connectivity index (χ1v) is 14.7. The summed E-state index contributed by atoms with van der Waals surface area (Å²) < 4.78 is 6.72. The van der Waals surface area contributed by atoms with E-state index in [9.17, 15) is 14.7 Å². The summed E-state index contributed by atoms with van der Waals surface area (Å²) in [7, 11) is 0. The molecule has 0 aromatic rings. The molecule has 9 heteroatoms. The monoisotopic (exact) mass is 520 g/mol. The fourth-order valence-electron chi connectivity index (χ4n) is 7.79. The zero-order valence-corrected chi connectivity index (χ0v) is 22.0. The SMILES string of the molecule is O=C(NCCN1CCCC1)C1=CN2C3CC(Cl)CCC3OC3CC(N4CCCC(O)C4)CC(C1=O)C32. The molecule has 200 valence electrons. The van der Waals surface area contributed by atoms with Gasteiger partial charge in [-0.25, -0.2) is 0 Å². The molecular formula is C27H41ClN4O4. The molecule has 8 atom stereocenters. The van der Waals surface area contributed by atoms with E-state index in [4.69, 9.17) is 16.3 Å². The van der Waals surface area contributed by atoms with Crippen molar-refractivity contribution in [2.45, 2.75) is 99.6 Å². The molecule has 2 aliphatic carbocycles. The Balaban J connectivity index is 1.24. The van der Waals surface area contributed by atoms with E-state index in [2.05, 4.69) is 20.0 Å². The highest BCUT2D eigenvalue weighted by Crippen LogP contribution is 2.46. The predicted molar refractivity (Wildman–Crippen MR) is 137 cm³/mol. The van der Waals surface area contributed by atoms with Gasteiger partial charge in [-0.3, -0.25) is 14.5 Å². The summed E-state index contributed by atoms with van der Waals surface area (Å²) in [6.07, 6.45) is 10.1. The Morgan fingerprint density at radius 3 is 2.72 bits per heavy atom. The van der Waals surface area contributed by atoms with Gasteiger partial charge in [0.25, 0.3) is 5.91 Å². The second kappa shape index (κ2) is 10.5. The zero-order valence-electron chi connectivity index (χ0n) is 21.2. The summed E-state index contributed by atoms with van der Waals surface area (Å²) in [4.78, 5) is 34.2. The lowest BCUT2D eigenvalue weighted by Gasteiger charge is -2.59. The number of β-amino-alcohol motifs (C(OH)–C–C–N with tert-alkyl or cyclic N) is 1. The smallest absolute Gasteiger partial charge is 0.256 e. The molecule has 6 rings (SSSR count). The Morgan fingerprint density at radius 1 is 1.08 bits per heavy atom. The number of fused-ring (bicyclic) bond motifs is 2. The minimum absolute atomic E-state index is 0.0344. The summed E-state index contributed by atoms with van der Waals surface area (Å²) >= 11 is 6.60. The minimum atomic E-state index is -0.303. The van der Waals surface area contributed by atoms with Gasteiger partial charge in [0, 0.05) is 43.2 Å². The van der Waals surface area contributed by atoms with E-state index in [1.165, 1.54) is 12.8 Å². The first kappa shape index (κ1) is 25.1. The fourth-order valence-corrected chi connectivity index (χ4v) is 8.10. The molecule has 0 aromatic carbocycles. The van der Waals surface area contributed by atoms with Gasteiger partial charge >= 0.3 is 0 Å². The number of aliphatic hydroxyl groups is 1. The number of rotatable bonds is 5. The standard InChI is InChI=1S/C27H41ClN4O4/c28-17-5-6-23-22(12-17)32-16-21(27(35)29-7-11-30-8-1-2-9-30)26(34)20-13-18(14-24(36-23)25(20)32)31-10-3-4-19(33)15-31/h16-20,22-25,33H,1-15H2,(H,29,35). The number of alkyl halides is 1. The number of halogens is 1. The average molecular weight is 521 g/mol. The maximum absolute atomic E-state index is 13.9. The summed E-state index contributed by atoms with van der Waals surface area (Å²) in [6, 6.07) is 0.266. The molecule has 0 radical (unpaired) electrons. The molecule has 8 nitrogen and oxygen atoms in total. The van der Waals surface area contributed by atoms with Crippen molar-refractivity contribution in [3.8, 4) is 0 Å². The molecule has 4 aliphatic heterocycles. The molecule has 8 unspecified atom stereocenters. The van der Waals surface area contributed by atoms with E-state index in [-0.39, 0.29) is 59.4 Å². The van der Waals surface area contributed by atoms with Crippen LogP contribution in [0, 0.1) is 5.92 Å². The Kier molecular flexibility index (Phi) is 7.34. The van der Waals surface area contributed by atoms with E-state index in [0.717, 1.165) is 64.7 Å². The third-order valence-corrected chi connectivity index (χ3v) is 9.97. The van der Waals surface area contributed by atoms with Gasteiger partial charge in [0.15, 0.2) is 5.78 Å². The van der Waals surface area contributed by atoms with Crippen molar-refractivity contribution < 1.29 is 19.4 Å². The number of aliphatic hydroxyl groups excluding tert-OH is 1.